The molecule has 1 fully saturated rings. The number of ether oxygens (including phenoxy) is 1. The third-order valence-corrected chi connectivity index (χ3v) is 8.00. The van der Waals surface area contributed by atoms with Crippen molar-refractivity contribution in [2.75, 3.05) is 0 Å². The highest BCUT2D eigenvalue weighted by molar-refractivity contribution is 9.10. The van der Waals surface area contributed by atoms with Crippen LogP contribution in [-0.2, 0) is 6.61 Å². The Bertz CT molecular complexity index is 1650. The fraction of sp³-hybridized carbons (Fsp3) is 0.214. The van der Waals surface area contributed by atoms with Gasteiger partial charge in [-0.05, 0) is 65.7 Å². The second-order valence-electron chi connectivity index (χ2n) is 9.46. The molecule has 0 spiro atoms. The molecule has 2 aromatic heterocycles. The van der Waals surface area contributed by atoms with Crippen LogP contribution in [0.15, 0.2) is 71.2 Å². The van der Waals surface area contributed by atoms with E-state index in [9.17, 15) is 9.90 Å². The molecule has 3 N–H and O–H groups in total. The van der Waals surface area contributed by atoms with Gasteiger partial charge in [0.15, 0.2) is 5.82 Å². The van der Waals surface area contributed by atoms with Crippen LogP contribution in [0.4, 0.5) is 0 Å². The van der Waals surface area contributed by atoms with Gasteiger partial charge in [-0.2, -0.15) is 4.68 Å². The van der Waals surface area contributed by atoms with E-state index in [1.807, 2.05) is 54.6 Å². The van der Waals surface area contributed by atoms with Gasteiger partial charge in [0.25, 0.3) is 0 Å². The van der Waals surface area contributed by atoms with Crippen molar-refractivity contribution in [2.45, 2.75) is 38.0 Å². The monoisotopic (exact) mass is 606 g/mol. The number of aromatic amines is 1. The number of carboxylic acid groups (broad SMARTS) is 1. The van der Waals surface area contributed by atoms with E-state index >= 15 is 0 Å². The van der Waals surface area contributed by atoms with E-state index in [4.69, 9.17) is 16.3 Å². The first-order chi connectivity index (χ1) is 19.0. The van der Waals surface area contributed by atoms with Gasteiger partial charge in [-0.1, -0.05) is 58.2 Å². The lowest BCUT2D eigenvalue weighted by Crippen LogP contribution is -2.39. The zero-order chi connectivity index (χ0) is 26.9. The Hall–Kier alpha value is -3.73. The molecule has 2 heterocycles. The number of benzene rings is 3. The molecule has 6 rings (SSSR count). The Morgan fingerprint density at radius 3 is 2.69 bits per heavy atom. The van der Waals surface area contributed by atoms with E-state index in [1.165, 1.54) is 0 Å². The summed E-state index contributed by atoms with van der Waals surface area (Å²) in [5, 5.41) is 27.6. The first-order valence-corrected chi connectivity index (χ1v) is 13.7. The number of nitrogens with zero attached hydrogens (tertiary/aromatic N) is 4. The van der Waals surface area contributed by atoms with Crippen molar-refractivity contribution in [1.29, 1.82) is 0 Å². The van der Waals surface area contributed by atoms with E-state index in [2.05, 4.69) is 41.8 Å². The third kappa shape index (κ3) is 5.15. The smallest absolute Gasteiger partial charge is 0.352 e. The molecule has 1 aliphatic rings. The standard InChI is InChI=1S/C28H24BrClN6O3/c29-22-7-2-1-4-16(22)15-39-20-11-9-19(10-12-20)36-27(33-34-35-36)25(31-18-5-3-6-18)24-21-13-8-17(30)14-23(21)32-26(24)28(37)38/h1-2,4,7-14,18,25,31-32H,3,5-6,15H2,(H,37,38). The molecular formula is C28H24BrClN6O3. The van der Waals surface area contributed by atoms with E-state index in [1.54, 1.807) is 16.8 Å². The molecule has 0 aliphatic heterocycles. The van der Waals surface area contributed by atoms with Crippen molar-refractivity contribution >= 4 is 44.4 Å². The lowest BCUT2D eigenvalue weighted by Gasteiger charge is -2.31. The fourth-order valence-electron chi connectivity index (χ4n) is 4.78. The molecule has 39 heavy (non-hydrogen) atoms. The molecule has 0 amide bonds. The SMILES string of the molecule is O=C(O)c1[nH]c2cc(Cl)ccc2c1C(NC1CCC1)c1nnnn1-c1ccc(OCc2ccccc2Br)cc1. The number of carbonyl (C=O) groups is 1. The Balaban J connectivity index is 1.35. The summed E-state index contributed by atoms with van der Waals surface area (Å²) < 4.78 is 8.60. The van der Waals surface area contributed by atoms with Crippen molar-refractivity contribution in [3.05, 3.63) is 98.9 Å². The normalized spacial score (nSPS) is 14.3. The van der Waals surface area contributed by atoms with Gasteiger partial charge in [-0.25, -0.2) is 4.79 Å². The van der Waals surface area contributed by atoms with E-state index in [0.29, 0.717) is 34.3 Å². The van der Waals surface area contributed by atoms with E-state index in [-0.39, 0.29) is 11.7 Å². The van der Waals surface area contributed by atoms with Gasteiger partial charge in [-0.3, -0.25) is 0 Å². The Labute approximate surface area is 237 Å². The summed E-state index contributed by atoms with van der Waals surface area (Å²) in [6.07, 6.45) is 3.11. The first-order valence-electron chi connectivity index (χ1n) is 12.5. The number of aromatic carboxylic acids is 1. The summed E-state index contributed by atoms with van der Waals surface area (Å²) in [6, 6.07) is 20.4. The van der Waals surface area contributed by atoms with Crippen molar-refractivity contribution in [3.8, 4) is 11.4 Å². The van der Waals surface area contributed by atoms with Crippen LogP contribution in [0.5, 0.6) is 5.75 Å². The number of halogens is 2. The quantitative estimate of drug-likeness (QED) is 0.186. The molecule has 11 heteroatoms. The second-order valence-corrected chi connectivity index (χ2v) is 10.7. The highest BCUT2D eigenvalue weighted by Gasteiger charge is 2.33. The summed E-state index contributed by atoms with van der Waals surface area (Å²) >= 11 is 9.75. The molecule has 1 unspecified atom stereocenters. The minimum atomic E-state index is -1.07. The zero-order valence-electron chi connectivity index (χ0n) is 20.6. The number of aromatic nitrogens is 5. The van der Waals surface area contributed by atoms with Crippen LogP contribution < -0.4 is 10.1 Å². The Morgan fingerprint density at radius 2 is 1.97 bits per heavy atom. The minimum absolute atomic E-state index is 0.0782. The molecule has 0 bridgehead atoms. The largest absolute Gasteiger partial charge is 0.489 e. The maximum atomic E-state index is 12.3. The summed E-state index contributed by atoms with van der Waals surface area (Å²) in [4.78, 5) is 15.4. The summed E-state index contributed by atoms with van der Waals surface area (Å²) in [5.74, 6) is 0.125. The Kier molecular flexibility index (Phi) is 7.07. The number of nitrogens with one attached hydrogen (secondary N) is 2. The number of tetrazole rings is 1. The predicted octanol–water partition coefficient (Wildman–Crippen LogP) is 6.07. The van der Waals surface area contributed by atoms with Crippen LogP contribution >= 0.6 is 27.5 Å². The average molecular weight is 608 g/mol. The van der Waals surface area contributed by atoms with E-state index < -0.39 is 12.0 Å². The lowest BCUT2D eigenvalue weighted by molar-refractivity contribution is 0.0689. The zero-order valence-corrected chi connectivity index (χ0v) is 23.0. The maximum Gasteiger partial charge on any atom is 0.352 e. The highest BCUT2D eigenvalue weighted by atomic mass is 79.9. The number of H-pyrrole nitrogens is 1. The number of rotatable bonds is 9. The van der Waals surface area contributed by atoms with Gasteiger partial charge in [-0.15, -0.1) is 5.10 Å². The molecule has 0 saturated heterocycles. The van der Waals surface area contributed by atoms with Crippen LogP contribution in [0.25, 0.3) is 16.6 Å². The fourth-order valence-corrected chi connectivity index (χ4v) is 5.35. The highest BCUT2D eigenvalue weighted by Crippen LogP contribution is 2.35. The van der Waals surface area contributed by atoms with Crippen LogP contribution in [-0.4, -0.2) is 42.3 Å². The summed E-state index contributed by atoms with van der Waals surface area (Å²) in [6.45, 7) is 0.423. The third-order valence-electron chi connectivity index (χ3n) is 7.00. The lowest BCUT2D eigenvalue weighted by atomic mass is 9.90. The topological polar surface area (TPSA) is 118 Å². The van der Waals surface area contributed by atoms with Crippen molar-refractivity contribution in [1.82, 2.24) is 30.5 Å². The molecule has 5 aromatic rings. The van der Waals surface area contributed by atoms with Crippen LogP contribution in [0, 0.1) is 0 Å². The molecule has 198 valence electrons. The number of hydrogen-bond acceptors (Lipinski definition) is 6. The van der Waals surface area contributed by atoms with Crippen molar-refractivity contribution in [2.24, 2.45) is 0 Å². The average Bonchev–Trinajstić information content (AvgIpc) is 3.53. The predicted molar refractivity (Wildman–Crippen MR) is 151 cm³/mol. The number of carboxylic acids is 1. The molecule has 9 nitrogen and oxygen atoms in total. The van der Waals surface area contributed by atoms with Gasteiger partial charge >= 0.3 is 5.97 Å². The molecule has 1 aliphatic carbocycles. The van der Waals surface area contributed by atoms with Crippen molar-refractivity contribution < 1.29 is 14.6 Å². The van der Waals surface area contributed by atoms with Gasteiger partial charge in [0, 0.05) is 37.6 Å². The van der Waals surface area contributed by atoms with Crippen LogP contribution in [0.2, 0.25) is 5.02 Å². The Morgan fingerprint density at radius 1 is 1.18 bits per heavy atom. The maximum absolute atomic E-state index is 12.3. The molecular weight excluding hydrogens is 584 g/mol. The first kappa shape index (κ1) is 25.5. The molecule has 1 saturated carbocycles. The van der Waals surface area contributed by atoms with Gasteiger partial charge < -0.3 is 20.1 Å². The van der Waals surface area contributed by atoms with Gasteiger partial charge in [0.1, 0.15) is 18.1 Å². The molecule has 3 aromatic carbocycles. The summed E-state index contributed by atoms with van der Waals surface area (Å²) in [5.41, 5.74) is 3.06. The summed E-state index contributed by atoms with van der Waals surface area (Å²) in [7, 11) is 0. The van der Waals surface area contributed by atoms with Crippen molar-refractivity contribution in [3.63, 3.8) is 0 Å². The van der Waals surface area contributed by atoms with Crippen LogP contribution in [0.3, 0.4) is 0 Å². The molecule has 0 radical (unpaired) electrons. The minimum Gasteiger partial charge on any atom is -0.489 e. The van der Waals surface area contributed by atoms with E-state index in [0.717, 1.165) is 40.4 Å². The van der Waals surface area contributed by atoms with Gasteiger partial charge in [0.05, 0.1) is 11.7 Å². The van der Waals surface area contributed by atoms with Gasteiger partial charge in [0.2, 0.25) is 0 Å². The number of fused-ring (bicyclic) bond motifs is 1. The van der Waals surface area contributed by atoms with Crippen LogP contribution in [0.1, 0.15) is 52.7 Å². The number of hydrogen-bond donors (Lipinski definition) is 3. The molecule has 1 atom stereocenters. The second kappa shape index (κ2) is 10.8.